The van der Waals surface area contributed by atoms with Gasteiger partial charge >= 0.3 is 0 Å². The Balaban J connectivity index is 1.61. The van der Waals surface area contributed by atoms with Gasteiger partial charge in [-0.3, -0.25) is 4.98 Å². The Bertz CT molecular complexity index is 624. The zero-order valence-corrected chi connectivity index (χ0v) is 13.5. The Morgan fingerprint density at radius 1 is 1.00 bits per heavy atom. The van der Waals surface area contributed by atoms with Crippen LogP contribution in [-0.4, -0.2) is 43.1 Å². The lowest BCUT2D eigenvalue weighted by atomic mass is 10.1. The molecule has 1 fully saturated rings. The highest BCUT2D eigenvalue weighted by Crippen LogP contribution is 2.22. The van der Waals surface area contributed by atoms with Gasteiger partial charge in [0.15, 0.2) is 0 Å². The van der Waals surface area contributed by atoms with Crippen molar-refractivity contribution in [3.8, 4) is 0 Å². The van der Waals surface area contributed by atoms with Crippen molar-refractivity contribution in [1.82, 2.24) is 15.2 Å². The molecule has 0 spiro atoms. The lowest BCUT2D eigenvalue weighted by Gasteiger charge is -2.34. The van der Waals surface area contributed by atoms with Crippen LogP contribution < -0.4 is 10.2 Å². The van der Waals surface area contributed by atoms with Gasteiger partial charge < -0.3 is 15.1 Å². The van der Waals surface area contributed by atoms with Crippen LogP contribution in [0, 0.1) is 5.82 Å². The van der Waals surface area contributed by atoms with Gasteiger partial charge in [0, 0.05) is 51.7 Å². The van der Waals surface area contributed by atoms with E-state index in [1.807, 2.05) is 24.3 Å². The fourth-order valence-corrected chi connectivity index (χ4v) is 2.81. The summed E-state index contributed by atoms with van der Waals surface area (Å²) < 4.78 is 14.2. The molecule has 0 aliphatic carbocycles. The average molecular weight is 314 g/mol. The summed E-state index contributed by atoms with van der Waals surface area (Å²) in [4.78, 5) is 8.42. The third-order valence-corrected chi connectivity index (χ3v) is 4.26. The van der Waals surface area contributed by atoms with Crippen LogP contribution in [0.4, 0.5) is 10.1 Å². The summed E-state index contributed by atoms with van der Waals surface area (Å²) in [7, 11) is 2.10. The molecule has 23 heavy (non-hydrogen) atoms. The highest BCUT2D eigenvalue weighted by atomic mass is 19.1. The number of pyridine rings is 1. The van der Waals surface area contributed by atoms with Gasteiger partial charge in [-0.2, -0.15) is 0 Å². The molecule has 1 aliphatic heterocycles. The number of anilines is 1. The Hall–Kier alpha value is -1.98. The van der Waals surface area contributed by atoms with E-state index < -0.39 is 0 Å². The highest BCUT2D eigenvalue weighted by molar-refractivity contribution is 5.50. The monoisotopic (exact) mass is 314 g/mol. The van der Waals surface area contributed by atoms with E-state index in [2.05, 4.69) is 27.1 Å². The second kappa shape index (κ2) is 7.53. The number of hydrogen-bond donors (Lipinski definition) is 1. The smallest absolute Gasteiger partial charge is 0.146 e. The van der Waals surface area contributed by atoms with Crippen molar-refractivity contribution in [2.24, 2.45) is 0 Å². The number of benzene rings is 1. The lowest BCUT2D eigenvalue weighted by Crippen LogP contribution is -2.44. The average Bonchev–Trinajstić information content (AvgIpc) is 2.58. The van der Waals surface area contributed by atoms with Crippen molar-refractivity contribution in [2.75, 3.05) is 38.1 Å². The van der Waals surface area contributed by atoms with Crippen LogP contribution in [-0.2, 0) is 13.1 Å². The molecule has 1 aromatic carbocycles. The molecule has 1 saturated heterocycles. The molecule has 0 radical (unpaired) electrons. The maximum absolute atomic E-state index is 14.2. The first-order chi connectivity index (χ1) is 11.2. The number of halogens is 1. The van der Waals surface area contributed by atoms with E-state index in [0.717, 1.165) is 50.5 Å². The Labute approximate surface area is 136 Å². The van der Waals surface area contributed by atoms with Crippen LogP contribution in [0.1, 0.15) is 11.1 Å². The summed E-state index contributed by atoms with van der Waals surface area (Å²) in [5, 5.41) is 3.40. The molecule has 0 amide bonds. The van der Waals surface area contributed by atoms with E-state index in [1.165, 1.54) is 5.56 Å². The lowest BCUT2D eigenvalue weighted by molar-refractivity contribution is 0.311. The summed E-state index contributed by atoms with van der Waals surface area (Å²) >= 11 is 0. The molecule has 0 atom stereocenters. The molecular weight excluding hydrogens is 291 g/mol. The molecule has 1 N–H and O–H groups in total. The Morgan fingerprint density at radius 3 is 2.43 bits per heavy atom. The SMILES string of the molecule is CN1CCN(c2cc(CNCc3ccncc3)ccc2F)CC1. The molecule has 0 bridgehead atoms. The second-order valence-electron chi connectivity index (χ2n) is 6.04. The molecule has 3 rings (SSSR count). The minimum absolute atomic E-state index is 0.132. The third-order valence-electron chi connectivity index (χ3n) is 4.26. The van der Waals surface area contributed by atoms with Crippen molar-refractivity contribution in [3.63, 3.8) is 0 Å². The Kier molecular flexibility index (Phi) is 5.20. The van der Waals surface area contributed by atoms with Crippen LogP contribution in [0.5, 0.6) is 0 Å². The topological polar surface area (TPSA) is 31.4 Å². The number of nitrogens with zero attached hydrogens (tertiary/aromatic N) is 3. The van der Waals surface area contributed by atoms with Crippen LogP contribution in [0.2, 0.25) is 0 Å². The Morgan fingerprint density at radius 2 is 1.70 bits per heavy atom. The van der Waals surface area contributed by atoms with Crippen molar-refractivity contribution < 1.29 is 4.39 Å². The number of piperazine rings is 1. The first-order valence-electron chi connectivity index (χ1n) is 8.04. The molecule has 2 aromatic rings. The molecular formula is C18H23FN4. The van der Waals surface area contributed by atoms with E-state index in [9.17, 15) is 4.39 Å². The van der Waals surface area contributed by atoms with Gasteiger partial charge in [-0.05, 0) is 42.4 Å². The van der Waals surface area contributed by atoms with E-state index in [4.69, 9.17) is 0 Å². The zero-order valence-electron chi connectivity index (χ0n) is 13.5. The summed E-state index contributed by atoms with van der Waals surface area (Å²) in [6.45, 7) is 5.21. The normalized spacial score (nSPS) is 15.8. The van der Waals surface area contributed by atoms with Crippen LogP contribution in [0.3, 0.4) is 0 Å². The largest absolute Gasteiger partial charge is 0.367 e. The summed E-state index contributed by atoms with van der Waals surface area (Å²) in [6.07, 6.45) is 3.58. The van der Waals surface area contributed by atoms with Gasteiger partial charge in [-0.25, -0.2) is 4.39 Å². The summed E-state index contributed by atoms with van der Waals surface area (Å²) in [5.41, 5.74) is 3.03. The second-order valence-corrected chi connectivity index (χ2v) is 6.04. The number of likely N-dealkylation sites (N-methyl/N-ethyl adjacent to an activating group) is 1. The molecule has 0 saturated carbocycles. The fourth-order valence-electron chi connectivity index (χ4n) is 2.81. The van der Waals surface area contributed by atoms with Crippen LogP contribution in [0.15, 0.2) is 42.7 Å². The first-order valence-corrected chi connectivity index (χ1v) is 8.04. The van der Waals surface area contributed by atoms with Gasteiger partial charge in [-0.1, -0.05) is 6.07 Å². The zero-order chi connectivity index (χ0) is 16.1. The van der Waals surface area contributed by atoms with E-state index in [-0.39, 0.29) is 5.82 Å². The van der Waals surface area contributed by atoms with E-state index in [0.29, 0.717) is 0 Å². The number of aromatic nitrogens is 1. The highest BCUT2D eigenvalue weighted by Gasteiger charge is 2.17. The molecule has 0 unspecified atom stereocenters. The number of hydrogen-bond acceptors (Lipinski definition) is 4. The summed E-state index contributed by atoms with van der Waals surface area (Å²) in [5.74, 6) is -0.132. The molecule has 2 heterocycles. The molecule has 122 valence electrons. The van der Waals surface area contributed by atoms with Crippen molar-refractivity contribution in [2.45, 2.75) is 13.1 Å². The van der Waals surface area contributed by atoms with Gasteiger partial charge in [-0.15, -0.1) is 0 Å². The van der Waals surface area contributed by atoms with Crippen molar-refractivity contribution in [3.05, 3.63) is 59.7 Å². The van der Waals surface area contributed by atoms with Gasteiger partial charge in [0.05, 0.1) is 5.69 Å². The van der Waals surface area contributed by atoms with Crippen molar-refractivity contribution in [1.29, 1.82) is 0 Å². The summed E-state index contributed by atoms with van der Waals surface area (Å²) in [6, 6.07) is 9.40. The predicted octanol–water partition coefficient (Wildman–Crippen LogP) is 2.26. The van der Waals surface area contributed by atoms with Gasteiger partial charge in [0.1, 0.15) is 5.82 Å². The third kappa shape index (κ3) is 4.27. The quantitative estimate of drug-likeness (QED) is 0.917. The van der Waals surface area contributed by atoms with E-state index >= 15 is 0 Å². The molecule has 5 heteroatoms. The maximum atomic E-state index is 14.2. The maximum Gasteiger partial charge on any atom is 0.146 e. The predicted molar refractivity (Wildman–Crippen MR) is 90.9 cm³/mol. The van der Waals surface area contributed by atoms with E-state index in [1.54, 1.807) is 18.5 Å². The van der Waals surface area contributed by atoms with Gasteiger partial charge in [0.2, 0.25) is 0 Å². The molecule has 4 nitrogen and oxygen atoms in total. The van der Waals surface area contributed by atoms with Gasteiger partial charge in [0.25, 0.3) is 0 Å². The minimum Gasteiger partial charge on any atom is -0.367 e. The number of nitrogens with one attached hydrogen (secondary N) is 1. The van der Waals surface area contributed by atoms with Crippen LogP contribution >= 0.6 is 0 Å². The first kappa shape index (κ1) is 15.9. The van der Waals surface area contributed by atoms with Crippen molar-refractivity contribution >= 4 is 5.69 Å². The number of rotatable bonds is 5. The fraction of sp³-hybridized carbons (Fsp3) is 0.389. The van der Waals surface area contributed by atoms with Crippen LogP contribution in [0.25, 0.3) is 0 Å². The standard InChI is InChI=1S/C18H23FN4/c1-22-8-10-23(11-9-22)18-12-16(2-3-17(18)19)14-21-13-15-4-6-20-7-5-15/h2-7,12,21H,8-11,13-14H2,1H3. The molecule has 1 aromatic heterocycles. The molecule has 1 aliphatic rings. The minimum atomic E-state index is -0.132.